The van der Waals surface area contributed by atoms with Crippen molar-refractivity contribution in [2.75, 3.05) is 14.1 Å². The smallest absolute Gasteiger partial charge is 0.329 e. The highest BCUT2D eigenvalue weighted by molar-refractivity contribution is 7.89. The summed E-state index contributed by atoms with van der Waals surface area (Å²) in [5, 5.41) is 12.2. The Hall–Kier alpha value is -1.93. The third-order valence-corrected chi connectivity index (χ3v) is 6.61. The number of carboxylic acids is 1. The Bertz CT molecular complexity index is 748. The van der Waals surface area contributed by atoms with E-state index in [1.165, 1.54) is 38.4 Å². The zero-order valence-electron chi connectivity index (χ0n) is 14.7. The summed E-state index contributed by atoms with van der Waals surface area (Å²) >= 11 is 0. The molecule has 0 aromatic heterocycles. The standard InChI is InChI=1S/C17H24N2O5S/c1-12-8-10-17(11-9-12,16(21)22)18-15(20)13-4-6-14(7-5-13)25(23,24)19(2)3/h4-7,12H,8-11H2,1-3H3,(H,18,20)(H,21,22). The van der Waals surface area contributed by atoms with Crippen molar-refractivity contribution >= 4 is 21.9 Å². The highest BCUT2D eigenvalue weighted by atomic mass is 32.2. The van der Waals surface area contributed by atoms with Crippen LogP contribution in [0.5, 0.6) is 0 Å². The number of nitrogens with one attached hydrogen (secondary N) is 1. The number of carboxylic acid groups (broad SMARTS) is 1. The monoisotopic (exact) mass is 368 g/mol. The number of carbonyl (C=O) groups is 2. The number of sulfonamides is 1. The quantitative estimate of drug-likeness (QED) is 0.823. The predicted octanol–water partition coefficient (Wildman–Crippen LogP) is 1.70. The number of aliphatic carboxylic acids is 1. The Morgan fingerprint density at radius 1 is 1.16 bits per heavy atom. The molecule has 1 fully saturated rings. The van der Waals surface area contributed by atoms with Gasteiger partial charge in [-0.3, -0.25) is 4.79 Å². The Morgan fingerprint density at radius 2 is 1.68 bits per heavy atom. The van der Waals surface area contributed by atoms with E-state index in [0.717, 1.165) is 17.1 Å². The predicted molar refractivity (Wildman–Crippen MR) is 92.8 cm³/mol. The number of rotatable bonds is 5. The molecule has 138 valence electrons. The minimum atomic E-state index is -3.57. The van der Waals surface area contributed by atoms with Crippen molar-refractivity contribution in [3.8, 4) is 0 Å². The summed E-state index contributed by atoms with van der Waals surface area (Å²) in [6.07, 6.45) is 2.27. The second-order valence-corrected chi connectivity index (χ2v) is 8.99. The molecule has 0 spiro atoms. The van der Waals surface area contributed by atoms with Gasteiger partial charge in [0, 0.05) is 19.7 Å². The SMILES string of the molecule is CC1CCC(NC(=O)c2ccc(S(=O)(=O)N(C)C)cc2)(C(=O)O)CC1. The molecule has 0 aliphatic heterocycles. The fourth-order valence-corrected chi connectivity index (χ4v) is 3.83. The van der Waals surface area contributed by atoms with Crippen LogP contribution < -0.4 is 5.32 Å². The van der Waals surface area contributed by atoms with Crippen LogP contribution in [0.2, 0.25) is 0 Å². The molecule has 0 atom stereocenters. The maximum absolute atomic E-state index is 12.5. The first-order valence-electron chi connectivity index (χ1n) is 8.17. The van der Waals surface area contributed by atoms with Crippen LogP contribution in [0.1, 0.15) is 43.0 Å². The second-order valence-electron chi connectivity index (χ2n) is 6.84. The van der Waals surface area contributed by atoms with Crippen molar-refractivity contribution < 1.29 is 23.1 Å². The molecule has 0 saturated heterocycles. The van der Waals surface area contributed by atoms with Crippen LogP contribution in [0.4, 0.5) is 0 Å². The summed E-state index contributed by atoms with van der Waals surface area (Å²) in [5.74, 6) is -1.09. The number of benzene rings is 1. The molecular weight excluding hydrogens is 344 g/mol. The van der Waals surface area contributed by atoms with E-state index in [2.05, 4.69) is 12.2 Å². The molecule has 8 heteroatoms. The summed E-state index contributed by atoms with van der Waals surface area (Å²) in [6.45, 7) is 2.07. The number of carbonyl (C=O) groups excluding carboxylic acids is 1. The van der Waals surface area contributed by atoms with E-state index in [1.54, 1.807) is 0 Å². The van der Waals surface area contributed by atoms with E-state index in [1.807, 2.05) is 0 Å². The van der Waals surface area contributed by atoms with Crippen LogP contribution >= 0.6 is 0 Å². The highest BCUT2D eigenvalue weighted by Gasteiger charge is 2.42. The van der Waals surface area contributed by atoms with Gasteiger partial charge in [0.05, 0.1) is 4.90 Å². The van der Waals surface area contributed by atoms with E-state index in [9.17, 15) is 23.1 Å². The van der Waals surface area contributed by atoms with Gasteiger partial charge in [-0.05, 0) is 55.9 Å². The molecule has 0 bridgehead atoms. The van der Waals surface area contributed by atoms with Crippen LogP contribution in [0, 0.1) is 5.92 Å². The molecule has 0 heterocycles. The molecule has 1 amide bonds. The molecule has 0 radical (unpaired) electrons. The first kappa shape index (κ1) is 19.4. The van der Waals surface area contributed by atoms with Crippen molar-refractivity contribution in [2.45, 2.75) is 43.0 Å². The van der Waals surface area contributed by atoms with Gasteiger partial charge in [0.25, 0.3) is 5.91 Å². The number of hydrogen-bond acceptors (Lipinski definition) is 4. The maximum Gasteiger partial charge on any atom is 0.329 e. The fourth-order valence-electron chi connectivity index (χ4n) is 2.93. The van der Waals surface area contributed by atoms with Gasteiger partial charge in [0.1, 0.15) is 5.54 Å². The molecule has 2 N–H and O–H groups in total. The maximum atomic E-state index is 12.5. The minimum Gasteiger partial charge on any atom is -0.480 e. The summed E-state index contributed by atoms with van der Waals surface area (Å²) in [6, 6.07) is 5.49. The van der Waals surface area contributed by atoms with Gasteiger partial charge in [-0.15, -0.1) is 0 Å². The van der Waals surface area contributed by atoms with Gasteiger partial charge < -0.3 is 10.4 Å². The molecular formula is C17H24N2O5S. The van der Waals surface area contributed by atoms with Crippen LogP contribution in [-0.4, -0.2) is 49.3 Å². The third kappa shape index (κ3) is 4.01. The molecule has 25 heavy (non-hydrogen) atoms. The Balaban J connectivity index is 2.19. The average molecular weight is 368 g/mol. The van der Waals surface area contributed by atoms with Gasteiger partial charge >= 0.3 is 5.97 Å². The lowest BCUT2D eigenvalue weighted by Crippen LogP contribution is -2.56. The molecule has 7 nitrogen and oxygen atoms in total. The zero-order valence-corrected chi connectivity index (χ0v) is 15.5. The summed E-state index contributed by atoms with van der Waals surface area (Å²) < 4.78 is 25.2. The van der Waals surface area contributed by atoms with Gasteiger partial charge in [-0.2, -0.15) is 0 Å². The zero-order chi connectivity index (χ0) is 18.8. The minimum absolute atomic E-state index is 0.0773. The normalized spacial score (nSPS) is 24.1. The topological polar surface area (TPSA) is 104 Å². The second kappa shape index (κ2) is 7.13. The van der Waals surface area contributed by atoms with Crippen LogP contribution in [-0.2, 0) is 14.8 Å². The van der Waals surface area contributed by atoms with Gasteiger partial charge in [0.2, 0.25) is 10.0 Å². The highest BCUT2D eigenvalue weighted by Crippen LogP contribution is 2.32. The van der Waals surface area contributed by atoms with Crippen LogP contribution in [0.25, 0.3) is 0 Å². The number of nitrogens with zero attached hydrogens (tertiary/aromatic N) is 1. The Labute approximate surface area is 148 Å². The van der Waals surface area contributed by atoms with Crippen molar-refractivity contribution in [3.63, 3.8) is 0 Å². The molecule has 0 unspecified atom stereocenters. The van der Waals surface area contributed by atoms with E-state index < -0.39 is 27.4 Å². The van der Waals surface area contributed by atoms with Gasteiger partial charge in [-0.25, -0.2) is 17.5 Å². The van der Waals surface area contributed by atoms with Crippen molar-refractivity contribution in [2.24, 2.45) is 5.92 Å². The van der Waals surface area contributed by atoms with Gasteiger partial charge in [-0.1, -0.05) is 6.92 Å². The van der Waals surface area contributed by atoms with Crippen molar-refractivity contribution in [1.29, 1.82) is 0 Å². The largest absolute Gasteiger partial charge is 0.480 e. The van der Waals surface area contributed by atoms with E-state index in [0.29, 0.717) is 18.8 Å². The molecule has 1 aliphatic rings. The average Bonchev–Trinajstić information content (AvgIpc) is 2.56. The third-order valence-electron chi connectivity index (χ3n) is 4.79. The van der Waals surface area contributed by atoms with E-state index in [4.69, 9.17) is 0 Å². The first-order valence-corrected chi connectivity index (χ1v) is 9.61. The van der Waals surface area contributed by atoms with Crippen LogP contribution in [0.3, 0.4) is 0 Å². The first-order chi connectivity index (χ1) is 11.6. The number of amides is 1. The van der Waals surface area contributed by atoms with Crippen LogP contribution in [0.15, 0.2) is 29.2 Å². The lowest BCUT2D eigenvalue weighted by molar-refractivity contribution is -0.146. The molecule has 1 saturated carbocycles. The Kier molecular flexibility index (Phi) is 5.53. The lowest BCUT2D eigenvalue weighted by Gasteiger charge is -2.36. The molecule has 1 aromatic carbocycles. The summed E-state index contributed by atoms with van der Waals surface area (Å²) in [4.78, 5) is 24.3. The summed E-state index contributed by atoms with van der Waals surface area (Å²) in [7, 11) is -0.716. The molecule has 1 aromatic rings. The molecule has 2 rings (SSSR count). The summed E-state index contributed by atoms with van der Waals surface area (Å²) in [5.41, 5.74) is -1.02. The van der Waals surface area contributed by atoms with Crippen molar-refractivity contribution in [1.82, 2.24) is 9.62 Å². The Morgan fingerprint density at radius 3 is 2.12 bits per heavy atom. The van der Waals surface area contributed by atoms with E-state index >= 15 is 0 Å². The fraction of sp³-hybridized carbons (Fsp3) is 0.529. The van der Waals surface area contributed by atoms with Gasteiger partial charge in [0.15, 0.2) is 0 Å². The lowest BCUT2D eigenvalue weighted by atomic mass is 9.77. The number of hydrogen-bond donors (Lipinski definition) is 2. The van der Waals surface area contributed by atoms with E-state index in [-0.39, 0.29) is 10.5 Å². The molecule has 1 aliphatic carbocycles. The van der Waals surface area contributed by atoms with Crippen molar-refractivity contribution in [3.05, 3.63) is 29.8 Å².